The first kappa shape index (κ1) is 19.9. The number of carbonyl (C=O) groups is 2. The van der Waals surface area contributed by atoms with E-state index in [4.69, 9.17) is 5.73 Å². The highest BCUT2D eigenvalue weighted by molar-refractivity contribution is 5.97. The number of nitrogens with one attached hydrogen (secondary N) is 1. The topological polar surface area (TPSA) is 115 Å². The van der Waals surface area contributed by atoms with Gasteiger partial charge in [0.15, 0.2) is 0 Å². The van der Waals surface area contributed by atoms with Crippen LogP contribution >= 0.6 is 0 Å². The predicted molar refractivity (Wildman–Crippen MR) is 88.7 cm³/mol. The first-order valence-corrected chi connectivity index (χ1v) is 7.58. The van der Waals surface area contributed by atoms with Gasteiger partial charge in [-0.05, 0) is 23.8 Å². The second-order valence-electron chi connectivity index (χ2n) is 5.63. The molecule has 2 aromatic carbocycles. The number of nitro benzene ring substituents is 1. The molecule has 27 heavy (non-hydrogen) atoms. The summed E-state index contributed by atoms with van der Waals surface area (Å²) in [6, 6.07) is 7.77. The Bertz CT molecular complexity index is 866. The highest BCUT2D eigenvalue weighted by Gasteiger charge is 2.31. The molecule has 0 saturated carbocycles. The van der Waals surface area contributed by atoms with E-state index in [9.17, 15) is 32.9 Å². The van der Waals surface area contributed by atoms with E-state index in [-0.39, 0.29) is 17.7 Å². The van der Waals surface area contributed by atoms with E-state index in [1.165, 1.54) is 30.3 Å². The molecule has 2 rings (SSSR count). The Morgan fingerprint density at radius 2 is 1.78 bits per heavy atom. The van der Waals surface area contributed by atoms with Crippen LogP contribution in [0.25, 0.3) is 0 Å². The Labute approximate surface area is 151 Å². The van der Waals surface area contributed by atoms with E-state index in [1.54, 1.807) is 0 Å². The van der Waals surface area contributed by atoms with Gasteiger partial charge in [0.2, 0.25) is 5.91 Å². The standard InChI is InChI=1S/C17H14F3N3O4/c18-17(19,20)12-3-1-2-11(9-12)16(25)22-14(15(21)24)8-10-4-6-13(7-5-10)23(26)27/h1-7,9,14H,8H2,(H2,21,24)(H,22,25)/t14-/m0/s1. The van der Waals surface area contributed by atoms with Gasteiger partial charge in [0.05, 0.1) is 10.5 Å². The van der Waals surface area contributed by atoms with Gasteiger partial charge in [-0.15, -0.1) is 0 Å². The summed E-state index contributed by atoms with van der Waals surface area (Å²) < 4.78 is 38.2. The summed E-state index contributed by atoms with van der Waals surface area (Å²) in [6.45, 7) is 0. The fraction of sp³-hybridized carbons (Fsp3) is 0.176. The molecular formula is C17H14F3N3O4. The monoisotopic (exact) mass is 381 g/mol. The summed E-state index contributed by atoms with van der Waals surface area (Å²) in [5, 5.41) is 12.9. The number of nitrogens with zero attached hydrogens (tertiary/aromatic N) is 1. The zero-order chi connectivity index (χ0) is 20.2. The molecular weight excluding hydrogens is 367 g/mol. The molecule has 0 bridgehead atoms. The number of amides is 2. The third kappa shape index (κ3) is 5.27. The summed E-state index contributed by atoms with van der Waals surface area (Å²) in [7, 11) is 0. The molecule has 0 radical (unpaired) electrons. The SMILES string of the molecule is NC(=O)[C@H](Cc1ccc([N+](=O)[O-])cc1)NC(=O)c1cccc(C(F)(F)F)c1. The molecule has 0 aliphatic heterocycles. The van der Waals surface area contributed by atoms with Crippen LogP contribution in [0.4, 0.5) is 18.9 Å². The molecule has 7 nitrogen and oxygen atoms in total. The summed E-state index contributed by atoms with van der Waals surface area (Å²) >= 11 is 0. The number of primary amides is 1. The van der Waals surface area contributed by atoms with Crippen molar-refractivity contribution in [2.75, 3.05) is 0 Å². The molecule has 0 aliphatic rings. The number of nitrogens with two attached hydrogens (primary N) is 1. The predicted octanol–water partition coefficient (Wildman–Crippen LogP) is 2.44. The molecule has 1 atom stereocenters. The normalized spacial score (nSPS) is 12.3. The molecule has 0 aromatic heterocycles. The van der Waals surface area contributed by atoms with Crippen molar-refractivity contribution in [3.63, 3.8) is 0 Å². The van der Waals surface area contributed by atoms with Crippen LogP contribution in [0.15, 0.2) is 48.5 Å². The average molecular weight is 381 g/mol. The van der Waals surface area contributed by atoms with Crippen LogP contribution in [-0.4, -0.2) is 22.8 Å². The summed E-state index contributed by atoms with van der Waals surface area (Å²) in [5.41, 5.74) is 4.30. The van der Waals surface area contributed by atoms with E-state index >= 15 is 0 Å². The van der Waals surface area contributed by atoms with Crippen molar-refractivity contribution in [3.05, 3.63) is 75.3 Å². The van der Waals surface area contributed by atoms with Crippen molar-refractivity contribution in [3.8, 4) is 0 Å². The van der Waals surface area contributed by atoms with Gasteiger partial charge in [-0.25, -0.2) is 0 Å². The van der Waals surface area contributed by atoms with Gasteiger partial charge in [-0.1, -0.05) is 18.2 Å². The highest BCUT2D eigenvalue weighted by atomic mass is 19.4. The van der Waals surface area contributed by atoms with Gasteiger partial charge in [0, 0.05) is 24.1 Å². The number of hydrogen-bond donors (Lipinski definition) is 2. The Morgan fingerprint density at radius 1 is 1.15 bits per heavy atom. The molecule has 0 heterocycles. The summed E-state index contributed by atoms with van der Waals surface area (Å²) in [4.78, 5) is 33.8. The van der Waals surface area contributed by atoms with E-state index in [0.29, 0.717) is 11.6 Å². The maximum atomic E-state index is 12.7. The number of carbonyl (C=O) groups excluding carboxylic acids is 2. The minimum atomic E-state index is -4.61. The van der Waals surface area contributed by atoms with E-state index in [1.807, 2.05) is 0 Å². The fourth-order valence-corrected chi connectivity index (χ4v) is 2.29. The molecule has 142 valence electrons. The lowest BCUT2D eigenvalue weighted by molar-refractivity contribution is -0.384. The quantitative estimate of drug-likeness (QED) is 0.591. The number of nitro groups is 1. The number of non-ortho nitro benzene ring substituents is 1. The number of halogens is 3. The summed E-state index contributed by atoms with van der Waals surface area (Å²) in [6.07, 6.45) is -4.68. The van der Waals surface area contributed by atoms with Crippen LogP contribution in [0, 0.1) is 10.1 Å². The lowest BCUT2D eigenvalue weighted by Crippen LogP contribution is -2.45. The van der Waals surface area contributed by atoms with Crippen molar-refractivity contribution in [1.29, 1.82) is 0 Å². The number of rotatable bonds is 6. The Hall–Kier alpha value is -3.43. The molecule has 0 fully saturated rings. The third-order valence-electron chi connectivity index (χ3n) is 3.69. The van der Waals surface area contributed by atoms with Crippen molar-refractivity contribution < 1.29 is 27.7 Å². The van der Waals surface area contributed by atoms with Crippen LogP contribution in [0.1, 0.15) is 21.5 Å². The highest BCUT2D eigenvalue weighted by Crippen LogP contribution is 2.29. The van der Waals surface area contributed by atoms with Crippen LogP contribution < -0.4 is 11.1 Å². The van der Waals surface area contributed by atoms with E-state index in [0.717, 1.165) is 12.1 Å². The Balaban J connectivity index is 2.15. The number of alkyl halides is 3. The van der Waals surface area contributed by atoms with Crippen molar-refractivity contribution in [2.45, 2.75) is 18.6 Å². The van der Waals surface area contributed by atoms with Crippen LogP contribution in [0.5, 0.6) is 0 Å². The Kier molecular flexibility index (Phi) is 5.78. The zero-order valence-electron chi connectivity index (χ0n) is 13.7. The van der Waals surface area contributed by atoms with Crippen LogP contribution in [0.2, 0.25) is 0 Å². The zero-order valence-corrected chi connectivity index (χ0v) is 13.7. The van der Waals surface area contributed by atoms with Crippen LogP contribution in [0.3, 0.4) is 0 Å². The smallest absolute Gasteiger partial charge is 0.368 e. The maximum Gasteiger partial charge on any atom is 0.416 e. The minimum absolute atomic E-state index is 0.0714. The molecule has 3 N–H and O–H groups in total. The average Bonchev–Trinajstić information content (AvgIpc) is 2.60. The van der Waals surface area contributed by atoms with Gasteiger partial charge < -0.3 is 11.1 Å². The van der Waals surface area contributed by atoms with E-state index in [2.05, 4.69) is 5.32 Å². The van der Waals surface area contributed by atoms with Gasteiger partial charge >= 0.3 is 6.18 Å². The molecule has 0 saturated heterocycles. The van der Waals surface area contributed by atoms with Crippen molar-refractivity contribution >= 4 is 17.5 Å². The lowest BCUT2D eigenvalue weighted by atomic mass is 10.0. The molecule has 0 unspecified atom stereocenters. The van der Waals surface area contributed by atoms with Crippen LogP contribution in [-0.2, 0) is 17.4 Å². The minimum Gasteiger partial charge on any atom is -0.368 e. The van der Waals surface area contributed by atoms with Gasteiger partial charge in [-0.2, -0.15) is 13.2 Å². The van der Waals surface area contributed by atoms with Gasteiger partial charge in [0.1, 0.15) is 6.04 Å². The molecule has 2 amide bonds. The van der Waals surface area contributed by atoms with Gasteiger partial charge in [0.25, 0.3) is 11.6 Å². The largest absolute Gasteiger partial charge is 0.416 e. The molecule has 0 aliphatic carbocycles. The second kappa shape index (κ2) is 7.85. The number of hydrogen-bond acceptors (Lipinski definition) is 4. The fourth-order valence-electron chi connectivity index (χ4n) is 2.29. The summed E-state index contributed by atoms with van der Waals surface area (Å²) in [5.74, 6) is -1.79. The molecule has 0 spiro atoms. The lowest BCUT2D eigenvalue weighted by Gasteiger charge is -2.16. The second-order valence-corrected chi connectivity index (χ2v) is 5.63. The van der Waals surface area contributed by atoms with Crippen molar-refractivity contribution in [2.24, 2.45) is 5.73 Å². The first-order valence-electron chi connectivity index (χ1n) is 7.58. The molecule has 10 heteroatoms. The third-order valence-corrected chi connectivity index (χ3v) is 3.69. The van der Waals surface area contributed by atoms with E-state index < -0.39 is 34.5 Å². The maximum absolute atomic E-state index is 12.7. The number of benzene rings is 2. The molecule has 2 aromatic rings. The Morgan fingerprint density at radius 3 is 2.30 bits per heavy atom. The first-order chi connectivity index (χ1) is 12.6. The van der Waals surface area contributed by atoms with Crippen molar-refractivity contribution in [1.82, 2.24) is 5.32 Å². The van der Waals surface area contributed by atoms with Gasteiger partial charge in [-0.3, -0.25) is 19.7 Å².